The van der Waals surface area contributed by atoms with Crippen LogP contribution in [0.3, 0.4) is 0 Å². The number of benzene rings is 1. The van der Waals surface area contributed by atoms with E-state index in [4.69, 9.17) is 4.74 Å². The Morgan fingerprint density at radius 1 is 1.25 bits per heavy atom. The second-order valence-electron chi connectivity index (χ2n) is 7.95. The molecule has 0 spiro atoms. The summed E-state index contributed by atoms with van der Waals surface area (Å²) in [5, 5.41) is 7.00. The van der Waals surface area contributed by atoms with Crippen LogP contribution in [0.25, 0.3) is 0 Å². The van der Waals surface area contributed by atoms with Crippen LogP contribution >= 0.6 is 11.3 Å². The van der Waals surface area contributed by atoms with Crippen LogP contribution in [0.5, 0.6) is 0 Å². The van der Waals surface area contributed by atoms with Gasteiger partial charge in [-0.05, 0) is 58.0 Å². The number of hydrogen-bond acceptors (Lipinski definition) is 5. The summed E-state index contributed by atoms with van der Waals surface area (Å²) < 4.78 is 5.54. The number of hydrogen-bond donors (Lipinski definition) is 1. The third kappa shape index (κ3) is 4.89. The maximum Gasteiger partial charge on any atom is 0.256 e. The van der Waals surface area contributed by atoms with Gasteiger partial charge in [-0.1, -0.05) is 30.3 Å². The van der Waals surface area contributed by atoms with Crippen LogP contribution in [0.15, 0.2) is 53.4 Å². The second-order valence-corrected chi connectivity index (χ2v) is 8.73. The average Bonchev–Trinajstić information content (AvgIpc) is 3.32. The maximum absolute atomic E-state index is 13.2. The van der Waals surface area contributed by atoms with Gasteiger partial charge in [0, 0.05) is 38.6 Å². The van der Waals surface area contributed by atoms with Gasteiger partial charge in [0.25, 0.3) is 5.91 Å². The van der Waals surface area contributed by atoms with Crippen molar-refractivity contribution in [3.05, 3.63) is 86.9 Å². The summed E-state index contributed by atoms with van der Waals surface area (Å²) >= 11 is 1.59. The van der Waals surface area contributed by atoms with Gasteiger partial charge in [0.05, 0.1) is 6.42 Å². The van der Waals surface area contributed by atoms with E-state index >= 15 is 0 Å². The van der Waals surface area contributed by atoms with Gasteiger partial charge in [0.15, 0.2) is 6.10 Å². The Hall–Kier alpha value is -3.03. The third-order valence-electron chi connectivity index (χ3n) is 5.88. The van der Waals surface area contributed by atoms with Gasteiger partial charge in [0.1, 0.15) is 0 Å². The number of aromatic nitrogens is 1. The van der Waals surface area contributed by atoms with Crippen molar-refractivity contribution >= 4 is 23.2 Å². The summed E-state index contributed by atoms with van der Waals surface area (Å²) in [6.07, 6.45) is 2.34. The Balaban J connectivity index is 1.46. The molecule has 6 nitrogen and oxygen atoms in total. The van der Waals surface area contributed by atoms with Gasteiger partial charge in [-0.3, -0.25) is 14.6 Å². The summed E-state index contributed by atoms with van der Waals surface area (Å²) in [4.78, 5) is 31.9. The number of carbonyl (C=O) groups is 2. The number of thiophene rings is 1. The summed E-state index contributed by atoms with van der Waals surface area (Å²) in [7, 11) is 1.56. The van der Waals surface area contributed by atoms with Crippen LogP contribution < -0.4 is 5.32 Å². The monoisotopic (exact) mass is 449 g/mol. The summed E-state index contributed by atoms with van der Waals surface area (Å²) in [5.41, 5.74) is 6.06. The van der Waals surface area contributed by atoms with E-state index in [0.29, 0.717) is 26.1 Å². The minimum Gasteiger partial charge on any atom is -0.367 e. The van der Waals surface area contributed by atoms with Gasteiger partial charge in [-0.25, -0.2) is 0 Å². The quantitative estimate of drug-likeness (QED) is 0.599. The molecule has 1 aliphatic heterocycles. The Bertz CT molecular complexity index is 1080. The van der Waals surface area contributed by atoms with E-state index in [1.54, 1.807) is 18.4 Å². The zero-order valence-electron chi connectivity index (χ0n) is 18.3. The first-order valence-corrected chi connectivity index (χ1v) is 11.6. The summed E-state index contributed by atoms with van der Waals surface area (Å²) in [6, 6.07) is 11.5. The van der Waals surface area contributed by atoms with Crippen LogP contribution in [0.1, 0.15) is 39.6 Å². The number of aryl methyl sites for hydroxylation is 1. The molecule has 0 saturated carbocycles. The van der Waals surface area contributed by atoms with E-state index in [-0.39, 0.29) is 11.8 Å². The number of pyridine rings is 1. The number of nitrogens with zero attached hydrogens (tertiary/aromatic N) is 2. The fourth-order valence-corrected chi connectivity index (χ4v) is 4.81. The summed E-state index contributed by atoms with van der Waals surface area (Å²) in [6.45, 7) is 3.51. The SMILES string of the molecule is CO[C@@H](C(=O)N1CCc2c(cnc(C)c2CNC(=O)Cc2ccsc2)C1)c1ccccc1. The Morgan fingerprint density at radius 2 is 2.06 bits per heavy atom. The lowest BCUT2D eigenvalue weighted by molar-refractivity contribution is -0.143. The van der Waals surface area contributed by atoms with Crippen LogP contribution in [0.4, 0.5) is 0 Å². The van der Waals surface area contributed by atoms with E-state index in [2.05, 4.69) is 10.3 Å². The number of rotatable bonds is 7. The molecule has 1 N–H and O–H groups in total. The van der Waals surface area contributed by atoms with Crippen molar-refractivity contribution in [2.45, 2.75) is 39.0 Å². The van der Waals surface area contributed by atoms with Crippen molar-refractivity contribution in [1.82, 2.24) is 15.2 Å². The molecule has 3 heterocycles. The van der Waals surface area contributed by atoms with Crippen molar-refractivity contribution in [3.8, 4) is 0 Å². The van der Waals surface area contributed by atoms with Crippen molar-refractivity contribution in [2.75, 3.05) is 13.7 Å². The van der Waals surface area contributed by atoms with E-state index in [9.17, 15) is 9.59 Å². The fraction of sp³-hybridized carbons (Fsp3) is 0.320. The third-order valence-corrected chi connectivity index (χ3v) is 6.61. The Morgan fingerprint density at radius 3 is 2.78 bits per heavy atom. The maximum atomic E-state index is 13.2. The number of carbonyl (C=O) groups excluding carboxylic acids is 2. The minimum atomic E-state index is -0.618. The standard InChI is InChI=1S/C25H27N3O3S/c1-17-22(14-27-23(29)12-18-9-11-32-16-18)21-8-10-28(15-20(21)13-26-17)25(30)24(31-2)19-6-4-3-5-7-19/h3-7,9,11,13,16,24H,8,10,12,14-15H2,1-2H3,(H,27,29)/t24-/m1/s1. The van der Waals surface area contributed by atoms with Crippen molar-refractivity contribution in [3.63, 3.8) is 0 Å². The molecule has 0 fully saturated rings. The number of ether oxygens (including phenoxy) is 1. The minimum absolute atomic E-state index is 0.00110. The molecule has 2 amide bonds. The number of nitrogens with one attached hydrogen (secondary N) is 1. The van der Waals surface area contributed by atoms with Gasteiger partial charge >= 0.3 is 0 Å². The molecule has 1 atom stereocenters. The number of methoxy groups -OCH3 is 1. The molecular formula is C25H27N3O3S. The summed E-state index contributed by atoms with van der Waals surface area (Å²) in [5.74, 6) is -0.0469. The zero-order valence-corrected chi connectivity index (χ0v) is 19.2. The first-order valence-electron chi connectivity index (χ1n) is 10.7. The lowest BCUT2D eigenvalue weighted by Crippen LogP contribution is -2.40. The molecule has 3 aromatic rings. The van der Waals surface area contributed by atoms with E-state index in [0.717, 1.165) is 34.4 Å². The van der Waals surface area contributed by atoms with Crippen LogP contribution in [-0.2, 0) is 40.3 Å². The topological polar surface area (TPSA) is 71.5 Å². The van der Waals surface area contributed by atoms with Crippen molar-refractivity contribution in [2.24, 2.45) is 0 Å². The predicted octanol–water partition coefficient (Wildman–Crippen LogP) is 3.58. The van der Waals surface area contributed by atoms with Gasteiger partial charge in [-0.2, -0.15) is 11.3 Å². The molecule has 4 rings (SSSR count). The first-order chi connectivity index (χ1) is 15.6. The Labute approximate surface area is 192 Å². The Kier molecular flexibility index (Phi) is 6.97. The predicted molar refractivity (Wildman–Crippen MR) is 124 cm³/mol. The molecule has 7 heteroatoms. The lowest BCUT2D eigenvalue weighted by Gasteiger charge is -2.32. The molecule has 2 aromatic heterocycles. The highest BCUT2D eigenvalue weighted by Crippen LogP contribution is 2.27. The lowest BCUT2D eigenvalue weighted by atomic mass is 9.94. The molecule has 0 unspecified atom stereocenters. The molecule has 0 bridgehead atoms. The van der Waals surface area contributed by atoms with Crippen LogP contribution in [0, 0.1) is 6.92 Å². The van der Waals surface area contributed by atoms with E-state index in [1.165, 1.54) is 5.56 Å². The van der Waals surface area contributed by atoms with Gasteiger partial charge in [-0.15, -0.1) is 0 Å². The first kappa shape index (κ1) is 22.2. The smallest absolute Gasteiger partial charge is 0.256 e. The van der Waals surface area contributed by atoms with Gasteiger partial charge < -0.3 is 15.0 Å². The van der Waals surface area contributed by atoms with E-state index < -0.39 is 6.10 Å². The highest BCUT2D eigenvalue weighted by atomic mass is 32.1. The molecular weight excluding hydrogens is 422 g/mol. The molecule has 166 valence electrons. The van der Waals surface area contributed by atoms with Gasteiger partial charge in [0.2, 0.25) is 5.91 Å². The van der Waals surface area contributed by atoms with Crippen LogP contribution in [0.2, 0.25) is 0 Å². The highest BCUT2D eigenvalue weighted by molar-refractivity contribution is 7.08. The zero-order chi connectivity index (χ0) is 22.5. The molecule has 0 radical (unpaired) electrons. The van der Waals surface area contributed by atoms with E-state index in [1.807, 2.05) is 65.2 Å². The second kappa shape index (κ2) is 10.1. The molecule has 1 aromatic carbocycles. The average molecular weight is 450 g/mol. The van der Waals surface area contributed by atoms with Crippen LogP contribution in [-0.4, -0.2) is 35.4 Å². The molecule has 1 aliphatic rings. The number of fused-ring (bicyclic) bond motifs is 1. The number of amides is 2. The molecule has 0 saturated heterocycles. The fourth-order valence-electron chi connectivity index (χ4n) is 4.15. The largest absolute Gasteiger partial charge is 0.367 e. The van der Waals surface area contributed by atoms with Crippen molar-refractivity contribution < 1.29 is 14.3 Å². The normalized spacial score (nSPS) is 14.0. The van der Waals surface area contributed by atoms with Crippen molar-refractivity contribution in [1.29, 1.82) is 0 Å². The molecule has 0 aliphatic carbocycles. The molecule has 32 heavy (non-hydrogen) atoms. The highest BCUT2D eigenvalue weighted by Gasteiger charge is 2.29.